The average molecular weight is 227 g/mol. The number of imidazole rings is 1. The van der Waals surface area contributed by atoms with E-state index < -0.39 is 0 Å². The van der Waals surface area contributed by atoms with Crippen LogP contribution in [0, 0.1) is 0 Å². The van der Waals surface area contributed by atoms with Gasteiger partial charge in [-0.1, -0.05) is 0 Å². The predicted molar refractivity (Wildman–Crippen MR) is 62.3 cm³/mol. The fraction of sp³-hybridized carbons (Fsp3) is 0.727. The van der Waals surface area contributed by atoms with Gasteiger partial charge in [0.15, 0.2) is 0 Å². The molecule has 0 aromatic carbocycles. The number of ether oxygens (including phenoxy) is 2. The molecule has 92 valence electrons. The van der Waals surface area contributed by atoms with Crippen LogP contribution < -0.4 is 5.32 Å². The number of nitrogens with one attached hydrogen (secondary N) is 1. The van der Waals surface area contributed by atoms with Gasteiger partial charge in [0.1, 0.15) is 0 Å². The topological polar surface area (TPSA) is 48.3 Å². The van der Waals surface area contributed by atoms with E-state index in [1.165, 1.54) is 0 Å². The molecule has 0 aliphatic heterocycles. The molecule has 0 bridgehead atoms. The molecule has 5 heteroatoms. The fourth-order valence-corrected chi connectivity index (χ4v) is 1.40. The molecule has 0 atom stereocenters. The summed E-state index contributed by atoms with van der Waals surface area (Å²) in [7, 11) is 3.42. The van der Waals surface area contributed by atoms with Crippen molar-refractivity contribution in [1.82, 2.24) is 14.9 Å². The SMILES string of the molecule is COCCCn1cnc(CNCCOC)c1. The van der Waals surface area contributed by atoms with Gasteiger partial charge in [0.05, 0.1) is 18.6 Å². The zero-order valence-corrected chi connectivity index (χ0v) is 10.1. The monoisotopic (exact) mass is 227 g/mol. The van der Waals surface area contributed by atoms with E-state index >= 15 is 0 Å². The normalized spacial score (nSPS) is 10.9. The Balaban J connectivity index is 2.17. The molecule has 0 unspecified atom stereocenters. The maximum atomic E-state index is 5.00. The first kappa shape index (κ1) is 13.2. The smallest absolute Gasteiger partial charge is 0.0949 e. The Hall–Kier alpha value is -0.910. The molecule has 0 aliphatic carbocycles. The lowest BCUT2D eigenvalue weighted by molar-refractivity contribution is 0.190. The summed E-state index contributed by atoms with van der Waals surface area (Å²) in [5.41, 5.74) is 1.06. The molecule has 5 nitrogen and oxygen atoms in total. The first-order valence-electron chi connectivity index (χ1n) is 5.56. The lowest BCUT2D eigenvalue weighted by atomic mass is 10.4. The molecule has 16 heavy (non-hydrogen) atoms. The number of rotatable bonds is 9. The zero-order chi connectivity index (χ0) is 11.6. The van der Waals surface area contributed by atoms with Gasteiger partial charge in [0.25, 0.3) is 0 Å². The standard InChI is InChI=1S/C11H21N3O2/c1-15-6-3-5-14-9-11(13-10-14)8-12-4-7-16-2/h9-10,12H,3-8H2,1-2H3. The van der Waals surface area contributed by atoms with Crippen LogP contribution in [0.4, 0.5) is 0 Å². The van der Waals surface area contributed by atoms with Crippen LogP contribution >= 0.6 is 0 Å². The van der Waals surface area contributed by atoms with E-state index in [9.17, 15) is 0 Å². The molecule has 0 fully saturated rings. The number of aromatic nitrogens is 2. The molecule has 1 aromatic rings. The van der Waals surface area contributed by atoms with Crippen molar-refractivity contribution in [3.05, 3.63) is 18.2 Å². The Labute approximate surface area is 96.8 Å². The number of hydrogen-bond acceptors (Lipinski definition) is 4. The molecule has 0 amide bonds. The molecule has 1 aromatic heterocycles. The predicted octanol–water partition coefficient (Wildman–Crippen LogP) is 0.656. The number of hydrogen-bond donors (Lipinski definition) is 1. The molecule has 0 aliphatic rings. The Morgan fingerprint density at radius 1 is 1.31 bits per heavy atom. The van der Waals surface area contributed by atoms with Gasteiger partial charge in [-0.05, 0) is 6.42 Å². The highest BCUT2D eigenvalue weighted by Gasteiger charge is 1.98. The first-order valence-corrected chi connectivity index (χ1v) is 5.56. The van der Waals surface area contributed by atoms with Crippen LogP contribution in [0.15, 0.2) is 12.5 Å². The fourth-order valence-electron chi connectivity index (χ4n) is 1.40. The van der Waals surface area contributed by atoms with E-state index in [0.717, 1.165) is 45.0 Å². The van der Waals surface area contributed by atoms with Crippen LogP contribution in [-0.2, 0) is 22.6 Å². The van der Waals surface area contributed by atoms with Crippen LogP contribution in [0.25, 0.3) is 0 Å². The summed E-state index contributed by atoms with van der Waals surface area (Å²) in [5, 5.41) is 3.26. The maximum absolute atomic E-state index is 5.00. The van der Waals surface area contributed by atoms with Crippen LogP contribution in [0.5, 0.6) is 0 Å². The highest BCUT2D eigenvalue weighted by atomic mass is 16.5. The summed E-state index contributed by atoms with van der Waals surface area (Å²) in [6.45, 7) is 4.13. The van der Waals surface area contributed by atoms with E-state index in [-0.39, 0.29) is 0 Å². The third-order valence-electron chi connectivity index (χ3n) is 2.24. The molecule has 0 saturated heterocycles. The van der Waals surface area contributed by atoms with E-state index in [2.05, 4.69) is 21.1 Å². The highest BCUT2D eigenvalue weighted by Crippen LogP contribution is 1.97. The average Bonchev–Trinajstić information content (AvgIpc) is 2.73. The highest BCUT2D eigenvalue weighted by molar-refractivity contribution is 4.95. The summed E-state index contributed by atoms with van der Waals surface area (Å²) >= 11 is 0. The third-order valence-corrected chi connectivity index (χ3v) is 2.24. The lowest BCUT2D eigenvalue weighted by Crippen LogP contribution is -2.18. The van der Waals surface area contributed by atoms with E-state index in [4.69, 9.17) is 9.47 Å². The van der Waals surface area contributed by atoms with Crippen LogP contribution in [0.1, 0.15) is 12.1 Å². The molecular weight excluding hydrogens is 206 g/mol. The maximum Gasteiger partial charge on any atom is 0.0949 e. The minimum atomic E-state index is 0.731. The molecule has 1 heterocycles. The minimum absolute atomic E-state index is 0.731. The van der Waals surface area contributed by atoms with Crippen LogP contribution in [0.2, 0.25) is 0 Å². The Morgan fingerprint density at radius 2 is 2.12 bits per heavy atom. The largest absolute Gasteiger partial charge is 0.385 e. The van der Waals surface area contributed by atoms with Gasteiger partial charge in [0, 0.05) is 46.7 Å². The third kappa shape index (κ3) is 5.25. The minimum Gasteiger partial charge on any atom is -0.385 e. The van der Waals surface area contributed by atoms with Crippen molar-refractivity contribution < 1.29 is 9.47 Å². The Kier molecular flexibility index (Phi) is 6.80. The Bertz CT molecular complexity index is 276. The van der Waals surface area contributed by atoms with E-state index in [1.54, 1.807) is 14.2 Å². The zero-order valence-electron chi connectivity index (χ0n) is 10.1. The van der Waals surface area contributed by atoms with Gasteiger partial charge < -0.3 is 19.4 Å². The Morgan fingerprint density at radius 3 is 2.88 bits per heavy atom. The van der Waals surface area contributed by atoms with Gasteiger partial charge in [-0.25, -0.2) is 4.98 Å². The molecule has 0 spiro atoms. The summed E-state index contributed by atoms with van der Waals surface area (Å²) in [5.74, 6) is 0. The van der Waals surface area contributed by atoms with Gasteiger partial charge >= 0.3 is 0 Å². The van der Waals surface area contributed by atoms with Crippen LogP contribution in [0.3, 0.4) is 0 Å². The van der Waals surface area contributed by atoms with Crippen molar-refractivity contribution in [1.29, 1.82) is 0 Å². The van der Waals surface area contributed by atoms with Crippen molar-refractivity contribution >= 4 is 0 Å². The summed E-state index contributed by atoms with van der Waals surface area (Å²) in [6.07, 6.45) is 4.95. The van der Waals surface area contributed by atoms with Crippen molar-refractivity contribution in [3.8, 4) is 0 Å². The molecule has 0 radical (unpaired) electrons. The van der Waals surface area contributed by atoms with Crippen molar-refractivity contribution in [3.63, 3.8) is 0 Å². The molecule has 1 N–H and O–H groups in total. The van der Waals surface area contributed by atoms with Gasteiger partial charge in [0.2, 0.25) is 0 Å². The number of nitrogens with zero attached hydrogens (tertiary/aromatic N) is 2. The van der Waals surface area contributed by atoms with Crippen molar-refractivity contribution in [2.45, 2.75) is 19.5 Å². The quantitative estimate of drug-likeness (QED) is 0.629. The second-order valence-corrected chi connectivity index (χ2v) is 3.62. The summed E-state index contributed by atoms with van der Waals surface area (Å²) in [4.78, 5) is 4.31. The van der Waals surface area contributed by atoms with Gasteiger partial charge in [-0.2, -0.15) is 0 Å². The second kappa shape index (κ2) is 8.27. The first-order chi connectivity index (χ1) is 7.86. The van der Waals surface area contributed by atoms with Gasteiger partial charge in [-0.15, -0.1) is 0 Å². The van der Waals surface area contributed by atoms with E-state index in [1.807, 2.05) is 6.33 Å². The number of methoxy groups -OCH3 is 2. The number of aryl methyl sites for hydroxylation is 1. The van der Waals surface area contributed by atoms with Gasteiger partial charge in [-0.3, -0.25) is 0 Å². The molecular formula is C11H21N3O2. The van der Waals surface area contributed by atoms with Crippen LogP contribution in [-0.4, -0.2) is 43.5 Å². The second-order valence-electron chi connectivity index (χ2n) is 3.62. The van der Waals surface area contributed by atoms with Crippen molar-refractivity contribution in [2.75, 3.05) is 34.0 Å². The summed E-state index contributed by atoms with van der Waals surface area (Å²) < 4.78 is 12.0. The van der Waals surface area contributed by atoms with Crippen molar-refractivity contribution in [2.24, 2.45) is 0 Å². The lowest BCUT2D eigenvalue weighted by Gasteiger charge is -2.01. The van der Waals surface area contributed by atoms with E-state index in [0.29, 0.717) is 0 Å². The molecule has 0 saturated carbocycles. The molecule has 1 rings (SSSR count). The summed E-state index contributed by atoms with van der Waals surface area (Å²) in [6, 6.07) is 0.